The first-order valence-electron chi connectivity index (χ1n) is 8.51. The van der Waals surface area contributed by atoms with Crippen LogP contribution in [-0.4, -0.2) is 27.3 Å². The van der Waals surface area contributed by atoms with E-state index < -0.39 is 0 Å². The Bertz CT molecular complexity index is 720. The Kier molecular flexibility index (Phi) is 5.19. The van der Waals surface area contributed by atoms with Crippen LogP contribution in [0.5, 0.6) is 5.75 Å². The van der Waals surface area contributed by atoms with Crippen molar-refractivity contribution in [1.82, 2.24) is 0 Å². The Balaban J connectivity index is 1.98. The van der Waals surface area contributed by atoms with E-state index in [1.54, 1.807) is 0 Å². The minimum absolute atomic E-state index is 0.226. The molecule has 1 nitrogen and oxygen atoms in total. The maximum atomic E-state index is 6.25. The van der Waals surface area contributed by atoms with E-state index in [1.807, 2.05) is 6.07 Å². The summed E-state index contributed by atoms with van der Waals surface area (Å²) in [4.78, 5) is 0. The van der Waals surface area contributed by atoms with E-state index in [2.05, 4.69) is 78.3 Å². The summed E-state index contributed by atoms with van der Waals surface area (Å²) in [5.74, 6) is 1.07. The fourth-order valence-electron chi connectivity index (χ4n) is 3.49. The summed E-state index contributed by atoms with van der Waals surface area (Å²) in [6.45, 7) is 10.1. The van der Waals surface area contributed by atoms with Gasteiger partial charge < -0.3 is 0 Å². The van der Waals surface area contributed by atoms with Crippen LogP contribution in [0.2, 0.25) is 0 Å². The third-order valence-corrected chi connectivity index (χ3v) is 8.48. The van der Waals surface area contributed by atoms with Crippen molar-refractivity contribution in [3.05, 3.63) is 59.2 Å². The quantitative estimate of drug-likeness (QED) is 0.643. The van der Waals surface area contributed by atoms with E-state index in [4.69, 9.17) is 4.74 Å². The van der Waals surface area contributed by atoms with Crippen molar-refractivity contribution in [3.8, 4) is 5.75 Å². The number of fused-ring (bicyclic) bond motifs is 1. The van der Waals surface area contributed by atoms with E-state index in [0.29, 0.717) is 19.7 Å². The monoisotopic (exact) mass is 454 g/mol. The second-order valence-corrected chi connectivity index (χ2v) is 11.3. The van der Waals surface area contributed by atoms with Crippen molar-refractivity contribution in [2.75, 3.05) is 0 Å². The molecule has 0 unspecified atom stereocenters. The fourth-order valence-corrected chi connectivity index (χ4v) is 5.84. The third-order valence-electron chi connectivity index (χ3n) is 5.25. The molecular weight excluding hydrogens is 426 g/mol. The van der Waals surface area contributed by atoms with Gasteiger partial charge in [-0.15, -0.1) is 0 Å². The van der Waals surface area contributed by atoms with Crippen molar-refractivity contribution in [2.45, 2.75) is 58.0 Å². The summed E-state index contributed by atoms with van der Waals surface area (Å²) < 4.78 is 7.61. The first-order chi connectivity index (χ1) is 11.3. The van der Waals surface area contributed by atoms with Gasteiger partial charge in [0.1, 0.15) is 0 Å². The molecule has 1 aliphatic carbocycles. The number of rotatable bonds is 4. The molecule has 128 valence electrons. The van der Waals surface area contributed by atoms with Gasteiger partial charge >= 0.3 is 159 Å². The Morgan fingerprint density at radius 1 is 0.958 bits per heavy atom. The minimum atomic E-state index is 0.226. The molecule has 2 aromatic carbocycles. The van der Waals surface area contributed by atoms with Gasteiger partial charge in [-0.3, -0.25) is 0 Å². The average Bonchev–Trinajstić information content (AvgIpc) is 2.57. The normalized spacial score (nSPS) is 18.0. The van der Waals surface area contributed by atoms with Crippen molar-refractivity contribution in [2.24, 2.45) is 0 Å². The van der Waals surface area contributed by atoms with Gasteiger partial charge in [0.05, 0.1) is 0 Å². The molecule has 0 saturated heterocycles. The summed E-state index contributed by atoms with van der Waals surface area (Å²) in [6, 6.07) is 15.2. The van der Waals surface area contributed by atoms with Crippen molar-refractivity contribution >= 4 is 31.8 Å². The van der Waals surface area contributed by atoms with Crippen molar-refractivity contribution in [3.63, 3.8) is 0 Å². The number of benzene rings is 2. The molecule has 24 heavy (non-hydrogen) atoms. The van der Waals surface area contributed by atoms with Crippen molar-refractivity contribution < 1.29 is 4.74 Å². The average molecular weight is 452 g/mol. The maximum absolute atomic E-state index is 6.25. The van der Waals surface area contributed by atoms with Crippen LogP contribution in [-0.2, 0) is 17.4 Å². The summed E-state index contributed by atoms with van der Waals surface area (Å²) in [5.41, 5.74) is 4.70. The molecule has 0 heterocycles. The summed E-state index contributed by atoms with van der Waals surface area (Å²) in [6.07, 6.45) is 2.49. The molecule has 0 N–H and O–H groups in total. The van der Waals surface area contributed by atoms with Gasteiger partial charge in [0.25, 0.3) is 0 Å². The van der Waals surface area contributed by atoms with E-state index in [9.17, 15) is 0 Å². The molecule has 0 bridgehead atoms. The fraction of sp³-hybridized carbons (Fsp3) is 0.429. The van der Waals surface area contributed by atoms with E-state index in [0.717, 1.165) is 5.75 Å². The Morgan fingerprint density at radius 2 is 1.54 bits per heavy atom. The topological polar surface area (TPSA) is 9.23 Å². The first-order valence-corrected chi connectivity index (χ1v) is 14.1. The van der Waals surface area contributed by atoms with E-state index in [-0.39, 0.29) is 10.8 Å². The molecule has 3 rings (SSSR count). The van der Waals surface area contributed by atoms with Crippen LogP contribution in [0.4, 0.5) is 0 Å². The van der Waals surface area contributed by atoms with Crippen LogP contribution in [0.15, 0.2) is 42.5 Å². The Labute approximate surface area is 159 Å². The van der Waals surface area contributed by atoms with E-state index >= 15 is 0 Å². The zero-order valence-corrected chi connectivity index (χ0v) is 18.5. The standard InChI is InChI=1S/C21H26OSe2/c1-20(2)10-11-21(3,4)17-13-19(24-23)18(12-16(17)20)22-14-15-8-6-5-7-9-15/h5-9,12-13,23H,10-11,14H2,1-4H3. The number of hydrogen-bond donors (Lipinski definition) is 0. The van der Waals surface area contributed by atoms with Gasteiger partial charge in [-0.25, -0.2) is 0 Å². The van der Waals surface area contributed by atoms with Crippen LogP contribution >= 0.6 is 0 Å². The third kappa shape index (κ3) is 3.60. The Hall–Kier alpha value is -0.721. The molecule has 2 aromatic rings. The molecule has 0 aliphatic heterocycles. The number of ether oxygens (including phenoxy) is 1. The predicted octanol–water partition coefficient (Wildman–Crippen LogP) is 3.76. The summed E-state index contributed by atoms with van der Waals surface area (Å²) in [7, 11) is 0. The number of hydrogen-bond acceptors (Lipinski definition) is 1. The van der Waals surface area contributed by atoms with Crippen LogP contribution in [0.3, 0.4) is 0 Å². The molecule has 0 spiro atoms. The second kappa shape index (κ2) is 6.88. The SMILES string of the molecule is CC1(C)CCC(C)(C)c2cc([Se][SeH])c(OCc3ccccc3)cc21. The van der Waals surface area contributed by atoms with Crippen LogP contribution in [0.1, 0.15) is 57.2 Å². The van der Waals surface area contributed by atoms with Gasteiger partial charge in [0.15, 0.2) is 0 Å². The molecule has 0 saturated carbocycles. The molecule has 0 amide bonds. The van der Waals surface area contributed by atoms with Gasteiger partial charge in [-0.2, -0.15) is 0 Å². The zero-order valence-electron chi connectivity index (χ0n) is 14.9. The molecule has 0 fully saturated rings. The van der Waals surface area contributed by atoms with Crippen LogP contribution < -0.4 is 9.20 Å². The first kappa shape index (κ1) is 18.1. The van der Waals surface area contributed by atoms with E-state index in [1.165, 1.54) is 34.0 Å². The molecule has 0 aromatic heterocycles. The van der Waals surface area contributed by atoms with Gasteiger partial charge in [0.2, 0.25) is 0 Å². The summed E-state index contributed by atoms with van der Waals surface area (Å²) >= 11 is 3.13. The van der Waals surface area contributed by atoms with Gasteiger partial charge in [-0.05, 0) is 0 Å². The molecular formula is C21H26OSe2. The molecule has 1 aliphatic rings. The second-order valence-electron chi connectivity index (χ2n) is 7.98. The zero-order chi connectivity index (χ0) is 17.4. The van der Waals surface area contributed by atoms with Gasteiger partial charge in [-0.1, -0.05) is 0 Å². The van der Waals surface area contributed by atoms with Crippen LogP contribution in [0, 0.1) is 0 Å². The molecule has 0 radical (unpaired) electrons. The Morgan fingerprint density at radius 3 is 2.12 bits per heavy atom. The van der Waals surface area contributed by atoms with Gasteiger partial charge in [0, 0.05) is 0 Å². The summed E-state index contributed by atoms with van der Waals surface area (Å²) in [5, 5.41) is 0. The van der Waals surface area contributed by atoms with Crippen LogP contribution in [0.25, 0.3) is 0 Å². The predicted molar refractivity (Wildman–Crippen MR) is 105 cm³/mol. The molecule has 3 heteroatoms. The van der Waals surface area contributed by atoms with Crippen molar-refractivity contribution in [1.29, 1.82) is 0 Å². The molecule has 0 atom stereocenters.